The molecule has 0 saturated carbocycles. The Hall–Kier alpha value is -2.78. The summed E-state index contributed by atoms with van der Waals surface area (Å²) in [6, 6.07) is 9.77. The third kappa shape index (κ3) is 5.87. The highest BCUT2D eigenvalue weighted by atomic mass is 32.2. The standard InChI is InChI=1S/C18H19FN2O5S/c1-12-3-8-15(10-16(12)27(24,25)20-2)21-17(22)11-26-18(23)9-13-4-6-14(19)7-5-13/h3-8,10,20H,9,11H2,1-2H3,(H,21,22). The Bertz CT molecular complexity index is 943. The summed E-state index contributed by atoms with van der Waals surface area (Å²) in [4.78, 5) is 23.7. The van der Waals surface area contributed by atoms with Crippen molar-refractivity contribution in [3.05, 3.63) is 59.4 Å². The van der Waals surface area contributed by atoms with E-state index in [1.807, 2.05) is 0 Å². The number of anilines is 1. The van der Waals surface area contributed by atoms with Crippen LogP contribution in [0.25, 0.3) is 0 Å². The molecule has 0 spiro atoms. The van der Waals surface area contributed by atoms with Gasteiger partial charge in [-0.2, -0.15) is 0 Å². The van der Waals surface area contributed by atoms with Crippen LogP contribution >= 0.6 is 0 Å². The van der Waals surface area contributed by atoms with Crippen molar-refractivity contribution in [3.8, 4) is 0 Å². The van der Waals surface area contributed by atoms with Gasteiger partial charge in [-0.3, -0.25) is 9.59 Å². The molecule has 0 saturated heterocycles. The van der Waals surface area contributed by atoms with E-state index in [9.17, 15) is 22.4 Å². The van der Waals surface area contributed by atoms with E-state index in [0.717, 1.165) is 0 Å². The number of esters is 1. The lowest BCUT2D eigenvalue weighted by Crippen LogP contribution is -2.23. The molecule has 0 aliphatic heterocycles. The summed E-state index contributed by atoms with van der Waals surface area (Å²) in [6.45, 7) is 1.11. The second-order valence-electron chi connectivity index (χ2n) is 5.70. The topological polar surface area (TPSA) is 102 Å². The van der Waals surface area contributed by atoms with Gasteiger partial charge in [0, 0.05) is 5.69 Å². The molecule has 0 heterocycles. The highest BCUT2D eigenvalue weighted by molar-refractivity contribution is 7.89. The van der Waals surface area contributed by atoms with E-state index >= 15 is 0 Å². The summed E-state index contributed by atoms with van der Waals surface area (Å²) in [5.74, 6) is -1.66. The average Bonchev–Trinajstić information content (AvgIpc) is 2.63. The third-order valence-corrected chi connectivity index (χ3v) is 5.21. The van der Waals surface area contributed by atoms with Crippen LogP contribution < -0.4 is 10.0 Å². The molecule has 144 valence electrons. The predicted octanol–water partition coefficient (Wildman–Crippen LogP) is 1.77. The Labute approximate surface area is 156 Å². The van der Waals surface area contributed by atoms with Crippen LogP contribution in [0.15, 0.2) is 47.4 Å². The van der Waals surface area contributed by atoms with Gasteiger partial charge in [-0.15, -0.1) is 0 Å². The van der Waals surface area contributed by atoms with Gasteiger partial charge in [0.15, 0.2) is 6.61 Å². The molecule has 7 nitrogen and oxygen atoms in total. The van der Waals surface area contributed by atoms with Gasteiger partial charge in [0.05, 0.1) is 11.3 Å². The van der Waals surface area contributed by atoms with E-state index in [2.05, 4.69) is 10.0 Å². The Kier molecular flexibility index (Phi) is 6.65. The summed E-state index contributed by atoms with van der Waals surface area (Å²) in [5.41, 5.74) is 1.34. The zero-order chi connectivity index (χ0) is 20.0. The molecule has 0 aliphatic rings. The number of nitrogens with one attached hydrogen (secondary N) is 2. The van der Waals surface area contributed by atoms with E-state index in [1.54, 1.807) is 19.1 Å². The maximum atomic E-state index is 12.8. The van der Waals surface area contributed by atoms with E-state index in [1.165, 1.54) is 37.4 Å². The predicted molar refractivity (Wildman–Crippen MR) is 97.1 cm³/mol. The van der Waals surface area contributed by atoms with E-state index < -0.39 is 34.3 Å². The number of benzene rings is 2. The first-order valence-corrected chi connectivity index (χ1v) is 9.43. The highest BCUT2D eigenvalue weighted by Gasteiger charge is 2.16. The highest BCUT2D eigenvalue weighted by Crippen LogP contribution is 2.19. The summed E-state index contributed by atoms with van der Waals surface area (Å²) < 4.78 is 43.8. The number of amides is 1. The number of carbonyl (C=O) groups excluding carboxylic acids is 2. The van der Waals surface area contributed by atoms with Gasteiger partial charge in [0.25, 0.3) is 5.91 Å². The first-order chi connectivity index (χ1) is 12.7. The van der Waals surface area contributed by atoms with Crippen molar-refractivity contribution >= 4 is 27.6 Å². The zero-order valence-electron chi connectivity index (χ0n) is 14.8. The largest absolute Gasteiger partial charge is 0.455 e. The summed E-state index contributed by atoms with van der Waals surface area (Å²) >= 11 is 0. The van der Waals surface area contributed by atoms with E-state index in [4.69, 9.17) is 4.74 Å². The summed E-state index contributed by atoms with van der Waals surface area (Å²) in [7, 11) is -2.37. The van der Waals surface area contributed by atoms with Crippen molar-refractivity contribution in [2.45, 2.75) is 18.2 Å². The van der Waals surface area contributed by atoms with Crippen molar-refractivity contribution < 1.29 is 27.1 Å². The van der Waals surface area contributed by atoms with Crippen molar-refractivity contribution in [1.82, 2.24) is 4.72 Å². The van der Waals surface area contributed by atoms with Crippen LogP contribution in [0.1, 0.15) is 11.1 Å². The molecule has 2 rings (SSSR count). The van der Waals surface area contributed by atoms with Gasteiger partial charge >= 0.3 is 5.97 Å². The van der Waals surface area contributed by atoms with Gasteiger partial charge in [0.2, 0.25) is 10.0 Å². The van der Waals surface area contributed by atoms with Crippen LogP contribution in [-0.2, 0) is 30.8 Å². The van der Waals surface area contributed by atoms with Crippen LogP contribution in [0.5, 0.6) is 0 Å². The molecule has 2 aromatic rings. The average molecular weight is 394 g/mol. The van der Waals surface area contributed by atoms with E-state index in [0.29, 0.717) is 11.1 Å². The third-order valence-electron chi connectivity index (χ3n) is 3.66. The molecule has 0 atom stereocenters. The van der Waals surface area contributed by atoms with Crippen molar-refractivity contribution in [1.29, 1.82) is 0 Å². The Balaban J connectivity index is 1.93. The molecule has 0 bridgehead atoms. The number of aryl methyl sites for hydroxylation is 1. The monoisotopic (exact) mass is 394 g/mol. The lowest BCUT2D eigenvalue weighted by Gasteiger charge is -2.10. The van der Waals surface area contributed by atoms with Gasteiger partial charge in [0.1, 0.15) is 5.82 Å². The van der Waals surface area contributed by atoms with Crippen LogP contribution in [0.2, 0.25) is 0 Å². The zero-order valence-corrected chi connectivity index (χ0v) is 15.6. The van der Waals surface area contributed by atoms with Gasteiger partial charge in [-0.25, -0.2) is 17.5 Å². The number of rotatable bonds is 7. The first-order valence-electron chi connectivity index (χ1n) is 7.95. The molecule has 0 aliphatic carbocycles. The van der Waals surface area contributed by atoms with Crippen LogP contribution in [0.4, 0.5) is 10.1 Å². The number of carbonyl (C=O) groups is 2. The molecule has 27 heavy (non-hydrogen) atoms. The minimum absolute atomic E-state index is 0.0381. The van der Waals surface area contributed by atoms with Crippen LogP contribution in [0.3, 0.4) is 0 Å². The van der Waals surface area contributed by atoms with Gasteiger partial charge in [-0.05, 0) is 49.4 Å². The van der Waals surface area contributed by atoms with Gasteiger partial charge in [-0.1, -0.05) is 18.2 Å². The fourth-order valence-corrected chi connectivity index (χ4v) is 3.23. The molecule has 9 heteroatoms. The molecule has 2 N–H and O–H groups in total. The first kappa shape index (κ1) is 20.5. The summed E-state index contributed by atoms with van der Waals surface area (Å²) in [5, 5.41) is 2.47. The normalized spacial score (nSPS) is 11.1. The van der Waals surface area contributed by atoms with Crippen molar-refractivity contribution in [2.24, 2.45) is 0 Å². The molecule has 0 fully saturated rings. The second-order valence-corrected chi connectivity index (χ2v) is 7.55. The Morgan fingerprint density at radius 2 is 1.78 bits per heavy atom. The number of sulfonamides is 1. The molecular weight excluding hydrogens is 375 g/mol. The maximum Gasteiger partial charge on any atom is 0.310 e. The molecule has 2 aromatic carbocycles. The Morgan fingerprint density at radius 1 is 1.11 bits per heavy atom. The smallest absolute Gasteiger partial charge is 0.310 e. The minimum atomic E-state index is -3.66. The van der Waals surface area contributed by atoms with Crippen LogP contribution in [0, 0.1) is 12.7 Å². The number of hydrogen-bond acceptors (Lipinski definition) is 5. The molecule has 0 unspecified atom stereocenters. The number of halogens is 1. The molecule has 0 radical (unpaired) electrons. The number of ether oxygens (including phenoxy) is 1. The van der Waals surface area contributed by atoms with Crippen molar-refractivity contribution in [2.75, 3.05) is 19.0 Å². The quantitative estimate of drug-likeness (QED) is 0.697. The maximum absolute atomic E-state index is 12.8. The summed E-state index contributed by atoms with van der Waals surface area (Å²) in [6.07, 6.45) is -0.0946. The lowest BCUT2D eigenvalue weighted by atomic mass is 10.1. The lowest BCUT2D eigenvalue weighted by molar-refractivity contribution is -0.146. The fraction of sp³-hybridized carbons (Fsp3) is 0.222. The van der Waals surface area contributed by atoms with Crippen LogP contribution in [-0.4, -0.2) is 33.9 Å². The van der Waals surface area contributed by atoms with Crippen molar-refractivity contribution in [3.63, 3.8) is 0 Å². The SMILES string of the molecule is CNS(=O)(=O)c1cc(NC(=O)COC(=O)Cc2ccc(F)cc2)ccc1C. The molecule has 0 aromatic heterocycles. The number of hydrogen-bond donors (Lipinski definition) is 2. The fourth-order valence-electron chi connectivity index (χ4n) is 2.24. The Morgan fingerprint density at radius 3 is 2.41 bits per heavy atom. The molecular formula is C18H19FN2O5S. The minimum Gasteiger partial charge on any atom is -0.455 e. The molecule has 1 amide bonds. The second kappa shape index (κ2) is 8.74. The van der Waals surface area contributed by atoms with Gasteiger partial charge < -0.3 is 10.1 Å². The van der Waals surface area contributed by atoms with E-state index in [-0.39, 0.29) is 17.0 Å².